The molecule has 4 nitrogen and oxygen atoms in total. The molecule has 0 aliphatic carbocycles. The summed E-state index contributed by atoms with van der Waals surface area (Å²) in [4.78, 5) is 11.1. The maximum absolute atomic E-state index is 11.1. The Morgan fingerprint density at radius 1 is 1.41 bits per heavy atom. The average molecular weight is 295 g/mol. The molecule has 0 saturated heterocycles. The van der Waals surface area contributed by atoms with Crippen LogP contribution in [-0.2, 0) is 6.42 Å². The fourth-order valence-corrected chi connectivity index (χ4v) is 2.41. The van der Waals surface area contributed by atoms with Gasteiger partial charge in [-0.05, 0) is 34.5 Å². The highest BCUT2D eigenvalue weighted by molar-refractivity contribution is 9.10. The van der Waals surface area contributed by atoms with Gasteiger partial charge >= 0.3 is 5.97 Å². The summed E-state index contributed by atoms with van der Waals surface area (Å²) >= 11 is 3.40. The monoisotopic (exact) mass is 294 g/mol. The van der Waals surface area contributed by atoms with Gasteiger partial charge in [0.1, 0.15) is 4.60 Å². The van der Waals surface area contributed by atoms with E-state index in [9.17, 15) is 4.79 Å². The predicted molar refractivity (Wildman–Crippen MR) is 67.6 cm³/mol. The van der Waals surface area contributed by atoms with Gasteiger partial charge in [-0.25, -0.2) is 9.48 Å². The number of aromatic nitrogens is 2. The van der Waals surface area contributed by atoms with Crippen molar-refractivity contribution in [2.24, 2.45) is 0 Å². The van der Waals surface area contributed by atoms with Gasteiger partial charge in [-0.15, -0.1) is 0 Å². The molecule has 1 N–H and O–H groups in total. The number of nitrogens with zero attached hydrogens (tertiary/aromatic N) is 2. The second-order valence-electron chi connectivity index (χ2n) is 3.52. The third kappa shape index (κ3) is 2.10. The molecule has 0 atom stereocenters. The molecule has 0 aliphatic rings. The van der Waals surface area contributed by atoms with E-state index in [2.05, 4.69) is 21.0 Å². The minimum Gasteiger partial charge on any atom is -0.476 e. The van der Waals surface area contributed by atoms with Crippen LogP contribution in [0.15, 0.2) is 34.9 Å². The molecule has 0 aliphatic heterocycles. The highest BCUT2D eigenvalue weighted by Crippen LogP contribution is 2.24. The normalized spacial score (nSPS) is 10.5. The largest absolute Gasteiger partial charge is 0.476 e. The summed E-state index contributed by atoms with van der Waals surface area (Å²) in [6.45, 7) is 1.91. The first-order valence-electron chi connectivity index (χ1n) is 5.21. The van der Waals surface area contributed by atoms with Gasteiger partial charge in [0.05, 0.1) is 5.69 Å². The summed E-state index contributed by atoms with van der Waals surface area (Å²) in [6.07, 6.45) is 0.620. The van der Waals surface area contributed by atoms with Crippen LogP contribution in [-0.4, -0.2) is 20.9 Å². The van der Waals surface area contributed by atoms with Crippen molar-refractivity contribution in [1.82, 2.24) is 9.78 Å². The number of hydrogen-bond acceptors (Lipinski definition) is 2. The minimum atomic E-state index is -1.00. The van der Waals surface area contributed by atoms with Gasteiger partial charge in [0, 0.05) is 5.56 Å². The number of hydrogen-bond donors (Lipinski definition) is 1. The summed E-state index contributed by atoms with van der Waals surface area (Å²) in [5, 5.41) is 13.2. The lowest BCUT2D eigenvalue weighted by molar-refractivity contribution is 0.0689. The van der Waals surface area contributed by atoms with Crippen molar-refractivity contribution in [3.8, 4) is 5.69 Å². The fraction of sp³-hybridized carbons (Fsp3) is 0.167. The standard InChI is InChI=1S/C12H11BrN2O2/c1-2-9-10(12(16)17)14-15(11(9)13)8-6-4-3-5-7-8/h3-7H,2H2,1H3,(H,16,17). The highest BCUT2D eigenvalue weighted by Gasteiger charge is 2.20. The summed E-state index contributed by atoms with van der Waals surface area (Å²) in [5.41, 5.74) is 1.64. The Morgan fingerprint density at radius 3 is 2.53 bits per heavy atom. The van der Waals surface area contributed by atoms with Gasteiger partial charge in [0.15, 0.2) is 5.69 Å². The summed E-state index contributed by atoms with van der Waals surface area (Å²) in [6, 6.07) is 9.43. The number of aromatic carboxylic acids is 1. The maximum atomic E-state index is 11.1. The molecule has 0 fully saturated rings. The number of carboxylic acid groups (broad SMARTS) is 1. The minimum absolute atomic E-state index is 0.100. The number of carbonyl (C=O) groups is 1. The van der Waals surface area contributed by atoms with Gasteiger partial charge in [-0.3, -0.25) is 0 Å². The van der Waals surface area contributed by atoms with Crippen molar-refractivity contribution in [2.75, 3.05) is 0 Å². The zero-order valence-corrected chi connectivity index (χ0v) is 10.8. The summed E-state index contributed by atoms with van der Waals surface area (Å²) in [7, 11) is 0. The lowest BCUT2D eigenvalue weighted by atomic mass is 10.2. The predicted octanol–water partition coefficient (Wildman–Crippen LogP) is 2.90. The van der Waals surface area contributed by atoms with Gasteiger partial charge in [0.25, 0.3) is 0 Å². The summed E-state index contributed by atoms with van der Waals surface area (Å²) in [5.74, 6) is -1.00. The Hall–Kier alpha value is -1.62. The zero-order chi connectivity index (χ0) is 12.4. The molecular formula is C12H11BrN2O2. The van der Waals surface area contributed by atoms with E-state index < -0.39 is 5.97 Å². The Labute approximate surface area is 107 Å². The second-order valence-corrected chi connectivity index (χ2v) is 4.28. The topological polar surface area (TPSA) is 55.1 Å². The molecule has 0 amide bonds. The van der Waals surface area contributed by atoms with Crippen LogP contribution in [0.1, 0.15) is 23.0 Å². The van der Waals surface area contributed by atoms with Gasteiger partial charge in [-0.2, -0.15) is 5.10 Å². The van der Waals surface area contributed by atoms with E-state index in [1.165, 1.54) is 0 Å². The van der Waals surface area contributed by atoms with Crippen molar-refractivity contribution >= 4 is 21.9 Å². The molecule has 0 spiro atoms. The molecule has 0 saturated carbocycles. The van der Waals surface area contributed by atoms with Gasteiger partial charge < -0.3 is 5.11 Å². The zero-order valence-electron chi connectivity index (χ0n) is 9.22. The molecule has 17 heavy (non-hydrogen) atoms. The maximum Gasteiger partial charge on any atom is 0.356 e. The number of rotatable bonds is 3. The molecule has 1 heterocycles. The van der Waals surface area contributed by atoms with Crippen LogP contribution < -0.4 is 0 Å². The molecule has 2 rings (SSSR count). The van der Waals surface area contributed by atoms with Gasteiger partial charge in [0.2, 0.25) is 0 Å². The van der Waals surface area contributed by atoms with Crippen molar-refractivity contribution in [3.05, 3.63) is 46.2 Å². The van der Waals surface area contributed by atoms with Crippen LogP contribution in [0.25, 0.3) is 5.69 Å². The van der Waals surface area contributed by atoms with E-state index >= 15 is 0 Å². The number of halogens is 1. The van der Waals surface area contributed by atoms with Crippen LogP contribution in [0, 0.1) is 0 Å². The smallest absolute Gasteiger partial charge is 0.356 e. The van der Waals surface area contributed by atoms with Crippen molar-refractivity contribution in [1.29, 1.82) is 0 Å². The quantitative estimate of drug-likeness (QED) is 0.947. The number of benzene rings is 1. The molecule has 0 unspecified atom stereocenters. The van der Waals surface area contributed by atoms with E-state index in [0.717, 1.165) is 5.69 Å². The highest BCUT2D eigenvalue weighted by atomic mass is 79.9. The fourth-order valence-electron chi connectivity index (χ4n) is 1.66. The molecule has 2 aromatic rings. The van der Waals surface area contributed by atoms with E-state index in [0.29, 0.717) is 16.6 Å². The Morgan fingerprint density at radius 2 is 2.06 bits per heavy atom. The van der Waals surface area contributed by atoms with Crippen LogP contribution in [0.5, 0.6) is 0 Å². The SMILES string of the molecule is CCc1c(C(=O)O)nn(-c2ccccc2)c1Br. The third-order valence-electron chi connectivity index (χ3n) is 2.48. The van der Waals surface area contributed by atoms with E-state index in [1.54, 1.807) is 4.68 Å². The number of carboxylic acids is 1. The third-order valence-corrected chi connectivity index (χ3v) is 3.29. The van der Waals surface area contributed by atoms with Crippen molar-refractivity contribution in [2.45, 2.75) is 13.3 Å². The second kappa shape index (κ2) is 4.71. The summed E-state index contributed by atoms with van der Waals surface area (Å²) < 4.78 is 2.30. The van der Waals surface area contributed by atoms with Gasteiger partial charge in [-0.1, -0.05) is 25.1 Å². The van der Waals surface area contributed by atoms with Crippen LogP contribution >= 0.6 is 15.9 Å². The van der Waals surface area contributed by atoms with E-state index in [4.69, 9.17) is 5.11 Å². The Balaban J connectivity index is 2.61. The molecule has 0 radical (unpaired) electrons. The van der Waals surface area contributed by atoms with E-state index in [-0.39, 0.29) is 5.69 Å². The molecule has 1 aromatic heterocycles. The van der Waals surface area contributed by atoms with Crippen LogP contribution in [0.4, 0.5) is 0 Å². The van der Waals surface area contributed by atoms with Crippen molar-refractivity contribution < 1.29 is 9.90 Å². The lowest BCUT2D eigenvalue weighted by Gasteiger charge is -2.02. The molecule has 88 valence electrons. The Kier molecular flexibility index (Phi) is 3.28. The van der Waals surface area contributed by atoms with E-state index in [1.807, 2.05) is 37.3 Å². The molecule has 0 bridgehead atoms. The first-order valence-corrected chi connectivity index (χ1v) is 6.00. The molecule has 5 heteroatoms. The molecular weight excluding hydrogens is 284 g/mol. The van der Waals surface area contributed by atoms with Crippen LogP contribution in [0.3, 0.4) is 0 Å². The first-order chi connectivity index (χ1) is 8.15. The van der Waals surface area contributed by atoms with Crippen LogP contribution in [0.2, 0.25) is 0 Å². The molecule has 1 aromatic carbocycles. The first kappa shape index (κ1) is 11.9. The lowest BCUT2D eigenvalue weighted by Crippen LogP contribution is -2.02. The average Bonchev–Trinajstić information content (AvgIpc) is 2.67. The Bertz CT molecular complexity index is 549. The number of para-hydroxylation sites is 1. The van der Waals surface area contributed by atoms with Crippen molar-refractivity contribution in [3.63, 3.8) is 0 Å².